The zero-order valence-corrected chi connectivity index (χ0v) is 21.5. The van der Waals surface area contributed by atoms with Gasteiger partial charge in [-0.1, -0.05) is 6.92 Å². The van der Waals surface area contributed by atoms with Gasteiger partial charge in [0.05, 0.1) is 23.0 Å². The molecule has 4 N–H and O–H groups in total. The van der Waals surface area contributed by atoms with Crippen LogP contribution in [0.1, 0.15) is 62.0 Å². The van der Waals surface area contributed by atoms with Gasteiger partial charge >= 0.3 is 0 Å². The Morgan fingerprint density at radius 3 is 2.50 bits per heavy atom. The van der Waals surface area contributed by atoms with Crippen LogP contribution >= 0.6 is 0 Å². The Morgan fingerprint density at radius 2 is 1.84 bits per heavy atom. The molecule has 3 aromatic rings. The summed E-state index contributed by atoms with van der Waals surface area (Å²) in [6.07, 6.45) is 5.78. The molecule has 3 atom stereocenters. The van der Waals surface area contributed by atoms with Gasteiger partial charge in [-0.3, -0.25) is 9.78 Å². The lowest BCUT2D eigenvalue weighted by Gasteiger charge is -2.32. The Hall–Kier alpha value is -3.50. The van der Waals surface area contributed by atoms with Crippen LogP contribution in [0.2, 0.25) is 0 Å². The lowest BCUT2D eigenvalue weighted by atomic mass is 9.76. The van der Waals surface area contributed by atoms with E-state index in [4.69, 9.17) is 10.5 Å². The van der Waals surface area contributed by atoms with Crippen molar-refractivity contribution in [1.82, 2.24) is 9.97 Å². The molecule has 1 aromatic carbocycles. The molecule has 1 aliphatic carbocycles. The van der Waals surface area contributed by atoms with Crippen molar-refractivity contribution in [2.75, 3.05) is 11.9 Å². The molecule has 1 saturated carbocycles. The highest BCUT2D eigenvalue weighted by molar-refractivity contribution is 6.03. The standard InChI is InChI=1S/C28H31F3N4O3/c1-15-8-16(10-17(32)9-15)19-6-7-33-13-24(19)35-27(36)23-5-4-20(29)26(34-23)25-21(30)11-18(12-22(25)31)38-14-28(2,3)37/h4-7,11-13,15-17,37H,8-10,14,32H2,1-3H3,(H,35,36)/t15-,16+,17+/m0/s1. The van der Waals surface area contributed by atoms with E-state index in [2.05, 4.69) is 22.2 Å². The van der Waals surface area contributed by atoms with Gasteiger partial charge in [-0.05, 0) is 68.7 Å². The smallest absolute Gasteiger partial charge is 0.274 e. The van der Waals surface area contributed by atoms with E-state index in [1.54, 1.807) is 6.20 Å². The minimum atomic E-state index is -1.23. The number of hydrogen-bond acceptors (Lipinski definition) is 6. The molecule has 0 aliphatic heterocycles. The molecule has 38 heavy (non-hydrogen) atoms. The molecule has 2 heterocycles. The van der Waals surface area contributed by atoms with Crippen LogP contribution in [-0.4, -0.2) is 39.2 Å². The minimum absolute atomic E-state index is 0.0542. The van der Waals surface area contributed by atoms with Crippen molar-refractivity contribution in [3.05, 3.63) is 71.4 Å². The Labute approximate surface area is 219 Å². The van der Waals surface area contributed by atoms with Crippen molar-refractivity contribution < 1.29 is 27.8 Å². The van der Waals surface area contributed by atoms with E-state index in [1.165, 1.54) is 20.0 Å². The van der Waals surface area contributed by atoms with Gasteiger partial charge in [-0.15, -0.1) is 0 Å². The molecule has 7 nitrogen and oxygen atoms in total. The first kappa shape index (κ1) is 27.5. The minimum Gasteiger partial charge on any atom is -0.490 e. The summed E-state index contributed by atoms with van der Waals surface area (Å²) >= 11 is 0. The molecule has 4 rings (SSSR count). The first-order valence-electron chi connectivity index (χ1n) is 12.4. The number of benzene rings is 1. The summed E-state index contributed by atoms with van der Waals surface area (Å²) in [6, 6.07) is 5.70. The summed E-state index contributed by atoms with van der Waals surface area (Å²) in [7, 11) is 0. The maximum atomic E-state index is 14.9. The quantitative estimate of drug-likeness (QED) is 0.389. The lowest BCUT2D eigenvalue weighted by Crippen LogP contribution is -2.31. The second-order valence-corrected chi connectivity index (χ2v) is 10.6. The van der Waals surface area contributed by atoms with Gasteiger partial charge in [-0.2, -0.15) is 0 Å². The van der Waals surface area contributed by atoms with E-state index in [-0.39, 0.29) is 30.0 Å². The molecular formula is C28H31F3N4O3. The Morgan fingerprint density at radius 1 is 1.13 bits per heavy atom. The fourth-order valence-corrected chi connectivity index (χ4v) is 4.83. The molecule has 1 fully saturated rings. The number of hydrogen-bond donors (Lipinski definition) is 3. The van der Waals surface area contributed by atoms with Crippen LogP contribution in [0.5, 0.6) is 5.75 Å². The van der Waals surface area contributed by atoms with E-state index < -0.39 is 40.2 Å². The summed E-state index contributed by atoms with van der Waals surface area (Å²) in [5.74, 6) is -3.56. The topological polar surface area (TPSA) is 110 Å². The van der Waals surface area contributed by atoms with Crippen molar-refractivity contribution in [2.24, 2.45) is 11.7 Å². The third-order valence-corrected chi connectivity index (χ3v) is 6.45. The summed E-state index contributed by atoms with van der Waals surface area (Å²) in [5.41, 5.74) is 4.74. The van der Waals surface area contributed by atoms with Crippen molar-refractivity contribution in [1.29, 1.82) is 0 Å². The van der Waals surface area contributed by atoms with Gasteiger partial charge in [0.25, 0.3) is 5.91 Å². The molecule has 0 saturated heterocycles. The van der Waals surface area contributed by atoms with Gasteiger partial charge in [0.2, 0.25) is 0 Å². The molecule has 0 radical (unpaired) electrons. The number of pyridine rings is 2. The predicted octanol–water partition coefficient (Wildman–Crippen LogP) is 5.19. The Balaban J connectivity index is 1.60. The number of rotatable bonds is 7. The van der Waals surface area contributed by atoms with Crippen LogP contribution in [0.25, 0.3) is 11.3 Å². The summed E-state index contributed by atoms with van der Waals surface area (Å²) in [5, 5.41) is 12.5. The summed E-state index contributed by atoms with van der Waals surface area (Å²) in [6.45, 7) is 4.88. The van der Waals surface area contributed by atoms with Crippen molar-refractivity contribution in [2.45, 2.75) is 57.6 Å². The first-order chi connectivity index (χ1) is 17.9. The van der Waals surface area contributed by atoms with Crippen molar-refractivity contribution in [3.63, 3.8) is 0 Å². The highest BCUT2D eigenvalue weighted by Gasteiger charge is 2.28. The second-order valence-electron chi connectivity index (χ2n) is 10.6. The number of ether oxygens (including phenoxy) is 1. The van der Waals surface area contributed by atoms with Gasteiger partial charge in [0.15, 0.2) is 0 Å². The Kier molecular flexibility index (Phi) is 8.03. The number of aromatic nitrogens is 2. The van der Waals surface area contributed by atoms with E-state index in [9.17, 15) is 23.1 Å². The zero-order valence-electron chi connectivity index (χ0n) is 21.5. The average Bonchev–Trinajstić information content (AvgIpc) is 2.82. The molecule has 1 aliphatic rings. The molecule has 0 spiro atoms. The predicted molar refractivity (Wildman–Crippen MR) is 137 cm³/mol. The largest absolute Gasteiger partial charge is 0.490 e. The summed E-state index contributed by atoms with van der Waals surface area (Å²) < 4.78 is 49.7. The van der Waals surface area contributed by atoms with Crippen LogP contribution in [0.3, 0.4) is 0 Å². The van der Waals surface area contributed by atoms with Crippen LogP contribution < -0.4 is 15.8 Å². The SMILES string of the molecule is C[C@@H]1C[C@@H](N)C[C@H](c2ccncc2NC(=O)c2ccc(F)c(-c3c(F)cc(OCC(C)(C)O)cc3F)n2)C1. The molecular weight excluding hydrogens is 497 g/mol. The number of nitrogens with zero attached hydrogens (tertiary/aromatic N) is 2. The van der Waals surface area contributed by atoms with E-state index >= 15 is 0 Å². The number of amides is 1. The van der Waals surface area contributed by atoms with Gasteiger partial charge in [-0.25, -0.2) is 18.2 Å². The second kappa shape index (κ2) is 11.1. The van der Waals surface area contributed by atoms with Gasteiger partial charge in [0.1, 0.15) is 41.2 Å². The molecule has 0 unspecified atom stereocenters. The molecule has 1 amide bonds. The maximum Gasteiger partial charge on any atom is 0.274 e. The van der Waals surface area contributed by atoms with Crippen LogP contribution in [0.4, 0.5) is 18.9 Å². The molecule has 202 valence electrons. The molecule has 2 aromatic heterocycles. The third-order valence-electron chi connectivity index (χ3n) is 6.45. The van der Waals surface area contributed by atoms with E-state index in [0.717, 1.165) is 49.1 Å². The third kappa shape index (κ3) is 6.49. The highest BCUT2D eigenvalue weighted by atomic mass is 19.1. The van der Waals surface area contributed by atoms with Crippen LogP contribution in [0, 0.1) is 23.4 Å². The summed E-state index contributed by atoms with van der Waals surface area (Å²) in [4.78, 5) is 21.2. The monoisotopic (exact) mass is 528 g/mol. The number of nitrogens with one attached hydrogen (secondary N) is 1. The van der Waals surface area contributed by atoms with E-state index in [1.807, 2.05) is 6.07 Å². The number of aliphatic hydroxyl groups is 1. The number of halogens is 3. The van der Waals surface area contributed by atoms with Gasteiger partial charge in [0, 0.05) is 24.4 Å². The Bertz CT molecular complexity index is 1300. The van der Waals surface area contributed by atoms with Crippen LogP contribution in [-0.2, 0) is 0 Å². The lowest BCUT2D eigenvalue weighted by molar-refractivity contribution is 0.0282. The average molecular weight is 529 g/mol. The number of nitrogens with two attached hydrogens (primary N) is 1. The van der Waals surface area contributed by atoms with E-state index in [0.29, 0.717) is 11.6 Å². The normalized spacial score (nSPS) is 19.7. The molecule has 10 heteroatoms. The van der Waals surface area contributed by atoms with Crippen LogP contribution in [0.15, 0.2) is 42.7 Å². The van der Waals surface area contributed by atoms with Crippen molar-refractivity contribution in [3.8, 4) is 17.0 Å². The number of carbonyl (C=O) groups excluding carboxylic acids is 1. The van der Waals surface area contributed by atoms with Gasteiger partial charge < -0.3 is 20.9 Å². The first-order valence-corrected chi connectivity index (χ1v) is 12.4. The molecule has 0 bridgehead atoms. The van der Waals surface area contributed by atoms with Crippen molar-refractivity contribution >= 4 is 11.6 Å². The number of carbonyl (C=O) groups is 1. The fraction of sp³-hybridized carbons (Fsp3) is 0.393. The zero-order chi connectivity index (χ0) is 27.6. The number of anilines is 1. The highest BCUT2D eigenvalue weighted by Crippen LogP contribution is 2.38. The maximum absolute atomic E-state index is 14.9. The fourth-order valence-electron chi connectivity index (χ4n) is 4.83.